The number of rotatable bonds is 3. The summed E-state index contributed by atoms with van der Waals surface area (Å²) in [6.45, 7) is 4.78. The van der Waals surface area contributed by atoms with Crippen molar-refractivity contribution in [2.24, 2.45) is 5.41 Å². The molecule has 2 fully saturated rings. The standard InChI is InChI=1S/C14H24N2O2/c1-2-14(8-5-9-15-10-14)11-16-12(17)6-3-4-7-13(16)18/h15H,2-11H2,1H3. The molecule has 102 valence electrons. The van der Waals surface area contributed by atoms with E-state index >= 15 is 0 Å². The fourth-order valence-electron chi connectivity index (χ4n) is 3.05. The number of hydrogen-bond donors (Lipinski definition) is 1. The molecule has 0 aromatic carbocycles. The van der Waals surface area contributed by atoms with Crippen LogP contribution in [0.15, 0.2) is 0 Å². The Kier molecular flexibility index (Phi) is 4.38. The molecule has 2 saturated heterocycles. The van der Waals surface area contributed by atoms with E-state index in [1.54, 1.807) is 4.90 Å². The highest BCUT2D eigenvalue weighted by molar-refractivity contribution is 5.96. The molecule has 0 aliphatic carbocycles. The van der Waals surface area contributed by atoms with Crippen molar-refractivity contribution in [3.63, 3.8) is 0 Å². The zero-order chi connectivity index (χ0) is 13.0. The van der Waals surface area contributed by atoms with E-state index < -0.39 is 0 Å². The first kappa shape index (κ1) is 13.5. The van der Waals surface area contributed by atoms with Crippen LogP contribution in [0.5, 0.6) is 0 Å². The van der Waals surface area contributed by atoms with Gasteiger partial charge in [-0.3, -0.25) is 14.5 Å². The summed E-state index contributed by atoms with van der Waals surface area (Å²) in [5, 5.41) is 3.41. The van der Waals surface area contributed by atoms with Gasteiger partial charge in [0.05, 0.1) is 0 Å². The number of imide groups is 1. The molecule has 2 heterocycles. The van der Waals surface area contributed by atoms with Gasteiger partial charge in [0.2, 0.25) is 11.8 Å². The van der Waals surface area contributed by atoms with Crippen LogP contribution in [-0.2, 0) is 9.59 Å². The summed E-state index contributed by atoms with van der Waals surface area (Å²) in [7, 11) is 0. The molecule has 0 radical (unpaired) electrons. The third-order valence-corrected chi connectivity index (χ3v) is 4.44. The van der Waals surface area contributed by atoms with E-state index in [2.05, 4.69) is 12.2 Å². The molecule has 18 heavy (non-hydrogen) atoms. The molecule has 4 heteroatoms. The van der Waals surface area contributed by atoms with Gasteiger partial charge in [0.15, 0.2) is 0 Å². The summed E-state index contributed by atoms with van der Waals surface area (Å²) in [5.41, 5.74) is 0.105. The fourth-order valence-corrected chi connectivity index (χ4v) is 3.05. The third kappa shape index (κ3) is 2.91. The van der Waals surface area contributed by atoms with E-state index in [-0.39, 0.29) is 17.2 Å². The van der Waals surface area contributed by atoms with E-state index in [4.69, 9.17) is 0 Å². The van der Waals surface area contributed by atoms with Crippen molar-refractivity contribution < 1.29 is 9.59 Å². The van der Waals surface area contributed by atoms with Gasteiger partial charge in [0.1, 0.15) is 0 Å². The zero-order valence-corrected chi connectivity index (χ0v) is 11.3. The van der Waals surface area contributed by atoms with Crippen LogP contribution < -0.4 is 5.32 Å². The Morgan fingerprint density at radius 2 is 1.83 bits per heavy atom. The Bertz CT molecular complexity index is 304. The molecule has 0 aromatic heterocycles. The van der Waals surface area contributed by atoms with Crippen molar-refractivity contribution in [3.8, 4) is 0 Å². The fraction of sp³-hybridized carbons (Fsp3) is 0.857. The van der Waals surface area contributed by atoms with Crippen molar-refractivity contribution in [1.82, 2.24) is 10.2 Å². The molecule has 4 nitrogen and oxygen atoms in total. The molecule has 2 rings (SSSR count). The quantitative estimate of drug-likeness (QED) is 0.778. The largest absolute Gasteiger partial charge is 0.316 e. The molecule has 2 aliphatic rings. The predicted octanol–water partition coefficient (Wildman–Crippen LogP) is 1.70. The van der Waals surface area contributed by atoms with Gasteiger partial charge in [-0.2, -0.15) is 0 Å². The number of carbonyl (C=O) groups is 2. The lowest BCUT2D eigenvalue weighted by atomic mass is 9.78. The first-order chi connectivity index (χ1) is 8.67. The highest BCUT2D eigenvalue weighted by atomic mass is 16.2. The molecule has 1 N–H and O–H groups in total. The highest BCUT2D eigenvalue weighted by Gasteiger charge is 2.36. The Morgan fingerprint density at radius 1 is 1.17 bits per heavy atom. The van der Waals surface area contributed by atoms with Crippen LogP contribution in [0.25, 0.3) is 0 Å². The second-order valence-corrected chi connectivity index (χ2v) is 5.71. The Hall–Kier alpha value is -0.900. The number of nitrogens with one attached hydrogen (secondary N) is 1. The van der Waals surface area contributed by atoms with Gasteiger partial charge in [0, 0.05) is 31.3 Å². The monoisotopic (exact) mass is 252 g/mol. The molecule has 2 aliphatic heterocycles. The van der Waals surface area contributed by atoms with Gasteiger partial charge in [-0.1, -0.05) is 6.92 Å². The molecule has 1 atom stereocenters. The van der Waals surface area contributed by atoms with Gasteiger partial charge in [-0.25, -0.2) is 0 Å². The summed E-state index contributed by atoms with van der Waals surface area (Å²) < 4.78 is 0. The lowest BCUT2D eigenvalue weighted by Gasteiger charge is -2.40. The number of nitrogens with zero attached hydrogens (tertiary/aromatic N) is 1. The van der Waals surface area contributed by atoms with Crippen molar-refractivity contribution in [1.29, 1.82) is 0 Å². The first-order valence-corrected chi connectivity index (χ1v) is 7.21. The van der Waals surface area contributed by atoms with Gasteiger partial charge >= 0.3 is 0 Å². The van der Waals surface area contributed by atoms with Gasteiger partial charge in [-0.15, -0.1) is 0 Å². The Balaban J connectivity index is 2.08. The molecule has 0 spiro atoms. The van der Waals surface area contributed by atoms with Crippen molar-refractivity contribution >= 4 is 11.8 Å². The highest BCUT2D eigenvalue weighted by Crippen LogP contribution is 2.32. The minimum atomic E-state index is 0.0379. The second kappa shape index (κ2) is 5.83. The van der Waals surface area contributed by atoms with Crippen LogP contribution in [0, 0.1) is 5.41 Å². The number of piperidine rings is 1. The lowest BCUT2D eigenvalue weighted by molar-refractivity contribution is -0.146. The van der Waals surface area contributed by atoms with Gasteiger partial charge < -0.3 is 5.32 Å². The smallest absolute Gasteiger partial charge is 0.229 e. The topological polar surface area (TPSA) is 49.4 Å². The Morgan fingerprint density at radius 3 is 2.33 bits per heavy atom. The number of amides is 2. The van der Waals surface area contributed by atoms with Crippen LogP contribution in [0.2, 0.25) is 0 Å². The minimum absolute atomic E-state index is 0.0379. The first-order valence-electron chi connectivity index (χ1n) is 7.21. The number of carbonyl (C=O) groups excluding carboxylic acids is 2. The average Bonchev–Trinajstić information content (AvgIpc) is 2.55. The predicted molar refractivity (Wildman–Crippen MR) is 70.0 cm³/mol. The van der Waals surface area contributed by atoms with Crippen LogP contribution in [-0.4, -0.2) is 36.3 Å². The maximum atomic E-state index is 12.0. The summed E-state index contributed by atoms with van der Waals surface area (Å²) in [4.78, 5) is 25.6. The molecule has 0 saturated carbocycles. The molecular weight excluding hydrogens is 228 g/mol. The number of hydrogen-bond acceptors (Lipinski definition) is 3. The molecule has 1 unspecified atom stereocenters. The summed E-state index contributed by atoms with van der Waals surface area (Å²) in [6, 6.07) is 0. The molecular formula is C14H24N2O2. The van der Waals surface area contributed by atoms with Crippen molar-refractivity contribution in [2.45, 2.75) is 51.9 Å². The molecule has 0 aromatic rings. The zero-order valence-electron chi connectivity index (χ0n) is 11.3. The second-order valence-electron chi connectivity index (χ2n) is 5.71. The number of likely N-dealkylation sites (tertiary alicyclic amines) is 1. The van der Waals surface area contributed by atoms with Crippen LogP contribution in [0.1, 0.15) is 51.9 Å². The summed E-state index contributed by atoms with van der Waals surface area (Å²) >= 11 is 0. The molecule has 2 amide bonds. The SMILES string of the molecule is CCC1(CN2C(=O)CCCCC2=O)CCCNC1. The van der Waals surface area contributed by atoms with Crippen molar-refractivity contribution in [3.05, 3.63) is 0 Å². The lowest BCUT2D eigenvalue weighted by Crippen LogP contribution is -2.50. The Labute approximate surface area is 109 Å². The summed E-state index contributed by atoms with van der Waals surface area (Å²) in [6.07, 6.45) is 6.09. The van der Waals surface area contributed by atoms with Crippen LogP contribution in [0.4, 0.5) is 0 Å². The van der Waals surface area contributed by atoms with Crippen molar-refractivity contribution in [2.75, 3.05) is 19.6 Å². The van der Waals surface area contributed by atoms with Crippen LogP contribution in [0.3, 0.4) is 0 Å². The molecule has 0 bridgehead atoms. The van der Waals surface area contributed by atoms with Crippen LogP contribution >= 0.6 is 0 Å². The van der Waals surface area contributed by atoms with Gasteiger partial charge in [-0.05, 0) is 38.6 Å². The maximum Gasteiger partial charge on any atom is 0.229 e. The van der Waals surface area contributed by atoms with E-state index in [9.17, 15) is 9.59 Å². The minimum Gasteiger partial charge on any atom is -0.316 e. The van der Waals surface area contributed by atoms with E-state index in [1.807, 2.05) is 0 Å². The third-order valence-electron chi connectivity index (χ3n) is 4.44. The van der Waals surface area contributed by atoms with E-state index in [0.29, 0.717) is 19.4 Å². The normalized spacial score (nSPS) is 30.4. The average molecular weight is 252 g/mol. The summed E-state index contributed by atoms with van der Waals surface area (Å²) in [5.74, 6) is 0.0757. The van der Waals surface area contributed by atoms with Gasteiger partial charge in [0.25, 0.3) is 0 Å². The van der Waals surface area contributed by atoms with E-state index in [1.165, 1.54) is 0 Å². The van der Waals surface area contributed by atoms with E-state index in [0.717, 1.165) is 45.2 Å². The maximum absolute atomic E-state index is 12.0.